The SMILES string of the molecule is C=C(C)COc1ccc(NC=C(C#N)c2nn[nH]n2)cc1. The highest BCUT2D eigenvalue weighted by molar-refractivity contribution is 5.74. The minimum atomic E-state index is 0.242. The minimum Gasteiger partial charge on any atom is -0.489 e. The monoisotopic (exact) mass is 282 g/mol. The van der Waals surface area contributed by atoms with Crippen LogP contribution in [0.1, 0.15) is 12.7 Å². The molecule has 0 aliphatic carbocycles. The first-order valence-electron chi connectivity index (χ1n) is 6.17. The van der Waals surface area contributed by atoms with Crippen LogP contribution in [0.5, 0.6) is 5.75 Å². The summed E-state index contributed by atoms with van der Waals surface area (Å²) >= 11 is 0. The van der Waals surface area contributed by atoms with E-state index in [9.17, 15) is 0 Å². The Kier molecular flexibility index (Phi) is 4.66. The summed E-state index contributed by atoms with van der Waals surface area (Å²) in [5.74, 6) is 0.998. The molecule has 0 bridgehead atoms. The van der Waals surface area contributed by atoms with Crippen LogP contribution < -0.4 is 10.1 Å². The largest absolute Gasteiger partial charge is 0.489 e. The number of rotatable bonds is 6. The summed E-state index contributed by atoms with van der Waals surface area (Å²) < 4.78 is 5.50. The van der Waals surface area contributed by atoms with Gasteiger partial charge in [-0.3, -0.25) is 0 Å². The summed E-state index contributed by atoms with van der Waals surface area (Å²) in [6, 6.07) is 9.35. The van der Waals surface area contributed by atoms with E-state index in [1.165, 1.54) is 6.20 Å². The number of H-pyrrole nitrogens is 1. The second-order valence-corrected chi connectivity index (χ2v) is 4.32. The van der Waals surface area contributed by atoms with Gasteiger partial charge in [-0.2, -0.15) is 10.5 Å². The molecular weight excluding hydrogens is 268 g/mol. The van der Waals surface area contributed by atoms with Crippen molar-refractivity contribution in [1.82, 2.24) is 20.6 Å². The molecule has 1 aromatic carbocycles. The first kappa shape index (κ1) is 14.3. The number of aromatic nitrogens is 4. The third kappa shape index (κ3) is 4.18. The van der Waals surface area contributed by atoms with Crippen molar-refractivity contribution in [2.75, 3.05) is 11.9 Å². The van der Waals surface area contributed by atoms with Gasteiger partial charge >= 0.3 is 0 Å². The van der Waals surface area contributed by atoms with Crippen molar-refractivity contribution in [3.63, 3.8) is 0 Å². The molecule has 0 unspecified atom stereocenters. The quantitative estimate of drug-likeness (QED) is 0.622. The maximum atomic E-state index is 9.03. The van der Waals surface area contributed by atoms with Crippen LogP contribution in [0.15, 0.2) is 42.6 Å². The molecule has 7 heteroatoms. The summed E-state index contributed by atoms with van der Waals surface area (Å²) in [7, 11) is 0. The van der Waals surface area contributed by atoms with Gasteiger partial charge in [0.1, 0.15) is 24.0 Å². The number of tetrazole rings is 1. The lowest BCUT2D eigenvalue weighted by molar-refractivity contribution is 0.353. The van der Waals surface area contributed by atoms with E-state index in [1.54, 1.807) is 0 Å². The van der Waals surface area contributed by atoms with Crippen molar-refractivity contribution in [3.05, 3.63) is 48.4 Å². The molecule has 0 fully saturated rings. The van der Waals surface area contributed by atoms with E-state index < -0.39 is 0 Å². The molecule has 0 saturated carbocycles. The molecule has 7 nitrogen and oxygen atoms in total. The molecule has 2 N–H and O–H groups in total. The van der Waals surface area contributed by atoms with Gasteiger partial charge in [-0.05, 0) is 42.0 Å². The van der Waals surface area contributed by atoms with E-state index >= 15 is 0 Å². The molecule has 2 rings (SSSR count). The zero-order valence-electron chi connectivity index (χ0n) is 11.5. The van der Waals surface area contributed by atoms with E-state index in [1.807, 2.05) is 37.3 Å². The average molecular weight is 282 g/mol. The van der Waals surface area contributed by atoms with Gasteiger partial charge in [0.2, 0.25) is 5.82 Å². The molecule has 1 heterocycles. The summed E-state index contributed by atoms with van der Waals surface area (Å²) in [5.41, 5.74) is 2.05. The fraction of sp³-hybridized carbons (Fsp3) is 0.143. The van der Waals surface area contributed by atoms with E-state index in [0.29, 0.717) is 6.61 Å². The Morgan fingerprint density at radius 2 is 2.24 bits per heavy atom. The number of anilines is 1. The van der Waals surface area contributed by atoms with Gasteiger partial charge in [-0.15, -0.1) is 10.2 Å². The Balaban J connectivity index is 2.00. The molecule has 2 aromatic rings. The Morgan fingerprint density at radius 1 is 1.48 bits per heavy atom. The molecule has 0 atom stereocenters. The zero-order chi connectivity index (χ0) is 15.1. The lowest BCUT2D eigenvalue weighted by atomic mass is 10.2. The van der Waals surface area contributed by atoms with Gasteiger partial charge in [0.25, 0.3) is 0 Å². The lowest BCUT2D eigenvalue weighted by Gasteiger charge is -2.07. The van der Waals surface area contributed by atoms with Crippen molar-refractivity contribution in [2.24, 2.45) is 0 Å². The number of ether oxygens (including phenoxy) is 1. The number of nitrogens with one attached hydrogen (secondary N) is 2. The first-order valence-corrected chi connectivity index (χ1v) is 6.17. The normalized spacial score (nSPS) is 10.8. The van der Waals surface area contributed by atoms with Crippen LogP contribution in [0.25, 0.3) is 5.57 Å². The molecule has 0 aliphatic heterocycles. The van der Waals surface area contributed by atoms with Crippen LogP contribution in [0.3, 0.4) is 0 Å². The van der Waals surface area contributed by atoms with Crippen LogP contribution >= 0.6 is 0 Å². The van der Waals surface area contributed by atoms with Crippen molar-refractivity contribution >= 4 is 11.3 Å². The molecule has 21 heavy (non-hydrogen) atoms. The zero-order valence-corrected chi connectivity index (χ0v) is 11.5. The van der Waals surface area contributed by atoms with E-state index in [4.69, 9.17) is 10.00 Å². The molecule has 1 aromatic heterocycles. The fourth-order valence-electron chi connectivity index (χ4n) is 1.43. The highest BCUT2D eigenvalue weighted by Gasteiger charge is 2.05. The number of hydrogen-bond acceptors (Lipinski definition) is 6. The molecular formula is C14H14N6O. The Morgan fingerprint density at radius 3 is 2.81 bits per heavy atom. The maximum Gasteiger partial charge on any atom is 0.216 e. The summed E-state index contributed by atoms with van der Waals surface area (Å²) in [6.45, 7) is 6.17. The maximum absolute atomic E-state index is 9.03. The van der Waals surface area contributed by atoms with Gasteiger partial charge in [0.15, 0.2) is 0 Å². The molecule has 106 valence electrons. The van der Waals surface area contributed by atoms with Gasteiger partial charge in [0, 0.05) is 11.9 Å². The number of benzene rings is 1. The predicted molar refractivity (Wildman–Crippen MR) is 78.1 cm³/mol. The first-order chi connectivity index (χ1) is 10.2. The third-order valence-corrected chi connectivity index (χ3v) is 2.43. The minimum absolute atomic E-state index is 0.242. The standard InChI is InChI=1S/C14H14N6O/c1-10(2)9-21-13-5-3-12(4-6-13)16-8-11(7-15)14-17-19-20-18-14/h3-6,8,16H,1,9H2,2H3,(H,17,18,19,20). The van der Waals surface area contributed by atoms with Gasteiger partial charge in [-0.1, -0.05) is 6.58 Å². The Hall–Kier alpha value is -3.14. The van der Waals surface area contributed by atoms with Gasteiger partial charge in [-0.25, -0.2) is 0 Å². The molecule has 0 aliphatic rings. The van der Waals surface area contributed by atoms with Gasteiger partial charge < -0.3 is 10.1 Å². The molecule has 0 amide bonds. The van der Waals surface area contributed by atoms with Crippen LogP contribution in [0, 0.1) is 11.3 Å². The molecule has 0 radical (unpaired) electrons. The fourth-order valence-corrected chi connectivity index (χ4v) is 1.43. The number of aromatic amines is 1. The van der Waals surface area contributed by atoms with Crippen molar-refractivity contribution in [1.29, 1.82) is 5.26 Å². The topological polar surface area (TPSA) is 99.5 Å². The van der Waals surface area contributed by atoms with Crippen LogP contribution in [-0.2, 0) is 0 Å². The summed E-state index contributed by atoms with van der Waals surface area (Å²) in [6.07, 6.45) is 1.52. The second kappa shape index (κ2) is 6.86. The summed E-state index contributed by atoms with van der Waals surface area (Å²) in [4.78, 5) is 0. The molecule has 0 saturated heterocycles. The highest BCUT2D eigenvalue weighted by atomic mass is 16.5. The van der Waals surface area contributed by atoms with Crippen molar-refractivity contribution in [2.45, 2.75) is 6.92 Å². The smallest absolute Gasteiger partial charge is 0.216 e. The van der Waals surface area contributed by atoms with Gasteiger partial charge in [0.05, 0.1) is 0 Å². The van der Waals surface area contributed by atoms with E-state index in [0.717, 1.165) is 17.0 Å². The number of nitrogens with zero attached hydrogens (tertiary/aromatic N) is 4. The van der Waals surface area contributed by atoms with Crippen molar-refractivity contribution < 1.29 is 4.74 Å². The lowest BCUT2D eigenvalue weighted by Crippen LogP contribution is -1.97. The Labute approximate surface area is 121 Å². The van der Waals surface area contributed by atoms with Crippen LogP contribution in [0.2, 0.25) is 0 Å². The average Bonchev–Trinajstić information content (AvgIpc) is 3.01. The van der Waals surface area contributed by atoms with Crippen molar-refractivity contribution in [3.8, 4) is 11.8 Å². The number of nitriles is 1. The highest BCUT2D eigenvalue weighted by Crippen LogP contribution is 2.17. The second-order valence-electron chi connectivity index (χ2n) is 4.32. The predicted octanol–water partition coefficient (Wildman–Crippen LogP) is 2.13. The van der Waals surface area contributed by atoms with Crippen LogP contribution in [-0.4, -0.2) is 27.2 Å². The Bertz CT molecular complexity index is 666. The van der Waals surface area contributed by atoms with E-state index in [-0.39, 0.29) is 11.4 Å². The summed E-state index contributed by atoms with van der Waals surface area (Å²) in [5, 5.41) is 25.2. The van der Waals surface area contributed by atoms with E-state index in [2.05, 4.69) is 32.5 Å². The number of allylic oxidation sites excluding steroid dienone is 1. The van der Waals surface area contributed by atoms with Crippen LogP contribution in [0.4, 0.5) is 5.69 Å². The number of hydrogen-bond donors (Lipinski definition) is 2. The third-order valence-electron chi connectivity index (χ3n) is 2.43. The molecule has 0 spiro atoms.